The van der Waals surface area contributed by atoms with E-state index in [1.807, 2.05) is 6.07 Å². The lowest BCUT2D eigenvalue weighted by Gasteiger charge is -2.47. The average molecular weight is 688 g/mol. The first-order valence-corrected chi connectivity index (χ1v) is 18.2. The molecule has 0 amide bonds. The number of benzene rings is 2. The van der Waals surface area contributed by atoms with Gasteiger partial charge in [0.2, 0.25) is 10.0 Å². The van der Waals surface area contributed by atoms with E-state index in [-0.39, 0.29) is 28.9 Å². The molecule has 260 valence electrons. The molecular weight excluding hydrogens is 643 g/mol. The molecule has 2 saturated heterocycles. The number of likely N-dealkylation sites (tertiary alicyclic amines) is 1. The fraction of sp³-hybridized carbons (Fsp3) is 0.543. The van der Waals surface area contributed by atoms with Gasteiger partial charge in [0.1, 0.15) is 12.3 Å². The fourth-order valence-electron chi connectivity index (χ4n) is 7.61. The maximum atomic E-state index is 13.7. The zero-order chi connectivity index (χ0) is 33.9. The monoisotopic (exact) mass is 687 g/mol. The fourth-order valence-corrected chi connectivity index (χ4v) is 8.13. The molecule has 3 fully saturated rings. The Morgan fingerprint density at radius 1 is 1.02 bits per heavy atom. The second-order valence-corrected chi connectivity index (χ2v) is 14.9. The van der Waals surface area contributed by atoms with Gasteiger partial charge in [-0.3, -0.25) is 0 Å². The Bertz CT molecular complexity index is 1760. The number of alkyl halides is 3. The van der Waals surface area contributed by atoms with E-state index in [9.17, 15) is 21.6 Å². The summed E-state index contributed by atoms with van der Waals surface area (Å²) in [7, 11) is -2.52. The molecular formula is C35H44F3N5O4S. The van der Waals surface area contributed by atoms with Crippen molar-refractivity contribution in [3.05, 3.63) is 48.2 Å². The van der Waals surface area contributed by atoms with E-state index >= 15 is 0 Å². The number of sulfonamides is 1. The summed E-state index contributed by atoms with van der Waals surface area (Å²) in [5.41, 5.74) is 2.49. The minimum Gasteiger partial charge on any atom is -0.495 e. The zero-order valence-electron chi connectivity index (χ0n) is 27.2. The first-order valence-electron chi connectivity index (χ1n) is 16.6. The summed E-state index contributed by atoms with van der Waals surface area (Å²) in [6.45, 7) is 3.03. The molecule has 3 aromatic rings. The van der Waals surface area contributed by atoms with E-state index in [0.717, 1.165) is 57.7 Å². The maximum Gasteiger partial charge on any atom is 0.406 e. The Hall–Kier alpha value is -3.44. The number of piperidine rings is 1. The van der Waals surface area contributed by atoms with Crippen LogP contribution in [0.4, 0.5) is 24.5 Å². The molecule has 9 nitrogen and oxygen atoms in total. The second kappa shape index (κ2) is 14.2. The summed E-state index contributed by atoms with van der Waals surface area (Å²) in [4.78, 5) is 2.58. The quantitative estimate of drug-likeness (QED) is 0.252. The van der Waals surface area contributed by atoms with E-state index < -0.39 is 22.7 Å². The van der Waals surface area contributed by atoms with Crippen molar-refractivity contribution in [2.24, 2.45) is 10.6 Å². The number of aromatic nitrogens is 1. The summed E-state index contributed by atoms with van der Waals surface area (Å²) in [6.07, 6.45) is 4.71. The molecule has 1 aromatic heterocycles. The third-order valence-electron chi connectivity index (χ3n) is 10.4. The molecule has 0 unspecified atom stereocenters. The Morgan fingerprint density at radius 2 is 1.75 bits per heavy atom. The van der Waals surface area contributed by atoms with Crippen LogP contribution in [-0.2, 0) is 21.3 Å². The van der Waals surface area contributed by atoms with Crippen LogP contribution in [0, 0.1) is 17.3 Å². The van der Waals surface area contributed by atoms with Gasteiger partial charge in [-0.05, 0) is 106 Å². The van der Waals surface area contributed by atoms with Gasteiger partial charge in [0.05, 0.1) is 35.4 Å². The SMILES string of the molecule is COc1cc(S(N)(=O)=O)ccc1NCC#Cc1cc2c(N[C@H]3CC[C@H](N4CCC5(CCOCC5)CC4)CC3)cccc2n1CC(F)(F)F. The summed E-state index contributed by atoms with van der Waals surface area (Å²) >= 11 is 0. The summed E-state index contributed by atoms with van der Waals surface area (Å²) in [5, 5.41) is 12.6. The van der Waals surface area contributed by atoms with Crippen LogP contribution < -0.4 is 20.5 Å². The molecule has 48 heavy (non-hydrogen) atoms. The minimum absolute atomic E-state index is 0.0827. The van der Waals surface area contributed by atoms with Gasteiger partial charge in [-0.25, -0.2) is 13.6 Å². The van der Waals surface area contributed by atoms with Crippen LogP contribution in [0.5, 0.6) is 5.75 Å². The number of methoxy groups -OCH3 is 1. The van der Waals surface area contributed by atoms with Crippen LogP contribution in [0.15, 0.2) is 47.4 Å². The molecule has 2 aliphatic heterocycles. The Morgan fingerprint density at radius 3 is 2.42 bits per heavy atom. The number of primary sulfonamides is 1. The number of hydrogen-bond donors (Lipinski definition) is 3. The number of nitrogens with zero attached hydrogens (tertiary/aromatic N) is 2. The summed E-state index contributed by atoms with van der Waals surface area (Å²) < 4.78 is 76.6. The van der Waals surface area contributed by atoms with Crippen molar-refractivity contribution < 1.29 is 31.1 Å². The smallest absolute Gasteiger partial charge is 0.406 e. The molecule has 0 bridgehead atoms. The number of anilines is 2. The second-order valence-electron chi connectivity index (χ2n) is 13.3. The van der Waals surface area contributed by atoms with Crippen molar-refractivity contribution in [3.8, 4) is 17.6 Å². The molecule has 0 atom stereocenters. The van der Waals surface area contributed by atoms with Gasteiger partial charge in [0.25, 0.3) is 0 Å². The summed E-state index contributed by atoms with van der Waals surface area (Å²) in [6, 6.07) is 12.1. The van der Waals surface area contributed by atoms with Crippen molar-refractivity contribution in [1.82, 2.24) is 9.47 Å². The molecule has 1 aliphatic carbocycles. The number of nitrogens with two attached hydrogens (primary N) is 1. The van der Waals surface area contributed by atoms with Gasteiger partial charge in [-0.2, -0.15) is 13.2 Å². The number of nitrogens with one attached hydrogen (secondary N) is 2. The highest BCUT2D eigenvalue weighted by molar-refractivity contribution is 7.89. The standard InChI is InChI=1S/C35H44F3N5O4S/c1-46-33-23-28(48(39,44)45)11-12-31(33)40-17-3-4-27-22-29-30(5-2-6-32(29)43(27)24-35(36,37)38)41-25-7-9-26(10-8-25)42-18-13-34(14-19-42)15-20-47-21-16-34/h2,5-6,11-12,22-23,25-26,40-41H,7-10,13-21,24H2,1H3,(H2,39,44,45)/t25-,26-. The third-order valence-corrected chi connectivity index (χ3v) is 11.3. The molecule has 13 heteroatoms. The lowest BCUT2D eigenvalue weighted by atomic mass is 9.72. The van der Waals surface area contributed by atoms with Crippen molar-refractivity contribution in [3.63, 3.8) is 0 Å². The number of halogens is 3. The van der Waals surface area contributed by atoms with Gasteiger partial charge in [0, 0.05) is 42.4 Å². The van der Waals surface area contributed by atoms with Gasteiger partial charge in [-0.1, -0.05) is 12.0 Å². The van der Waals surface area contributed by atoms with E-state index in [4.69, 9.17) is 14.6 Å². The van der Waals surface area contributed by atoms with Crippen LogP contribution in [0.1, 0.15) is 57.1 Å². The predicted octanol–water partition coefficient (Wildman–Crippen LogP) is 5.94. The average Bonchev–Trinajstić information content (AvgIpc) is 3.40. The van der Waals surface area contributed by atoms with E-state index in [1.54, 1.807) is 18.2 Å². The molecule has 4 N–H and O–H groups in total. The summed E-state index contributed by atoms with van der Waals surface area (Å²) in [5.74, 6) is 6.08. The topological polar surface area (TPSA) is 111 Å². The molecule has 3 heterocycles. The van der Waals surface area contributed by atoms with Crippen molar-refractivity contribution in [2.45, 2.75) is 81.1 Å². The lowest BCUT2D eigenvalue weighted by Crippen LogP contribution is -2.48. The number of hydrogen-bond acceptors (Lipinski definition) is 7. The highest BCUT2D eigenvalue weighted by Gasteiger charge is 2.38. The van der Waals surface area contributed by atoms with E-state index in [1.165, 1.54) is 55.6 Å². The first-order chi connectivity index (χ1) is 22.9. The van der Waals surface area contributed by atoms with Crippen LogP contribution in [0.25, 0.3) is 10.9 Å². The third kappa shape index (κ3) is 8.05. The Balaban J connectivity index is 1.12. The number of rotatable bonds is 8. The van der Waals surface area contributed by atoms with E-state index in [2.05, 4.69) is 27.4 Å². The normalized spacial score (nSPS) is 21.9. The first kappa shape index (κ1) is 34.4. The highest BCUT2D eigenvalue weighted by Crippen LogP contribution is 2.42. The van der Waals surface area contributed by atoms with Crippen molar-refractivity contribution in [1.29, 1.82) is 0 Å². The van der Waals surface area contributed by atoms with Crippen molar-refractivity contribution in [2.75, 3.05) is 50.6 Å². The number of fused-ring (bicyclic) bond motifs is 1. The predicted molar refractivity (Wildman–Crippen MR) is 181 cm³/mol. The molecule has 1 spiro atoms. The van der Waals surface area contributed by atoms with Crippen LogP contribution in [0.2, 0.25) is 0 Å². The van der Waals surface area contributed by atoms with E-state index in [0.29, 0.717) is 28.0 Å². The lowest BCUT2D eigenvalue weighted by molar-refractivity contribution is -0.140. The Kier molecular flexibility index (Phi) is 10.2. The van der Waals surface area contributed by atoms with Gasteiger partial charge in [-0.15, -0.1) is 0 Å². The Labute approximate surface area is 280 Å². The molecule has 6 rings (SSSR count). The largest absolute Gasteiger partial charge is 0.495 e. The van der Waals surface area contributed by atoms with Gasteiger partial charge >= 0.3 is 6.18 Å². The van der Waals surface area contributed by atoms with Crippen LogP contribution in [-0.4, -0.2) is 76.1 Å². The highest BCUT2D eigenvalue weighted by atomic mass is 32.2. The minimum atomic E-state index is -4.43. The zero-order valence-corrected chi connectivity index (χ0v) is 28.1. The van der Waals surface area contributed by atoms with Crippen molar-refractivity contribution >= 4 is 32.3 Å². The molecule has 2 aromatic carbocycles. The molecule has 3 aliphatic rings. The molecule has 0 radical (unpaired) electrons. The van der Waals surface area contributed by atoms with Crippen LogP contribution >= 0.6 is 0 Å². The molecule has 1 saturated carbocycles. The van der Waals surface area contributed by atoms with Crippen LogP contribution in [0.3, 0.4) is 0 Å². The maximum absolute atomic E-state index is 13.7. The number of ether oxygens (including phenoxy) is 2. The van der Waals surface area contributed by atoms with Gasteiger partial charge < -0.3 is 29.6 Å². The van der Waals surface area contributed by atoms with Gasteiger partial charge in [0.15, 0.2) is 0 Å².